The molecule has 0 aromatic heterocycles. The van der Waals surface area contributed by atoms with E-state index in [0.717, 1.165) is 43.1 Å². The lowest BCUT2D eigenvalue weighted by molar-refractivity contribution is 0.0997. The molecule has 0 atom stereocenters. The SMILES string of the molecule is CCN(CC)c1ccc2c(c1)Oc1cc(N(CC)CC)ccc1N2C(=O)c1cc(C)c(O)c(C(C)(C)C)c1. The third-order valence-corrected chi connectivity index (χ3v) is 7.40. The molecule has 0 saturated heterocycles. The third-order valence-electron chi connectivity index (χ3n) is 7.40. The summed E-state index contributed by atoms with van der Waals surface area (Å²) >= 11 is 0. The summed E-state index contributed by atoms with van der Waals surface area (Å²) in [6, 6.07) is 15.7. The second-order valence-electron chi connectivity index (χ2n) is 10.8. The fourth-order valence-electron chi connectivity index (χ4n) is 5.18. The van der Waals surface area contributed by atoms with E-state index in [-0.39, 0.29) is 17.1 Å². The van der Waals surface area contributed by atoms with Crippen LogP contribution in [0.15, 0.2) is 48.5 Å². The second kappa shape index (κ2) is 10.6. The fourth-order valence-corrected chi connectivity index (χ4v) is 5.18. The number of carbonyl (C=O) groups excluding carboxylic acids is 1. The summed E-state index contributed by atoms with van der Waals surface area (Å²) in [5.41, 5.74) is 5.17. The first kappa shape index (κ1) is 27.4. The number of nitrogens with zero attached hydrogens (tertiary/aromatic N) is 3. The van der Waals surface area contributed by atoms with Crippen molar-refractivity contribution in [1.29, 1.82) is 0 Å². The van der Waals surface area contributed by atoms with Gasteiger partial charge >= 0.3 is 0 Å². The summed E-state index contributed by atoms with van der Waals surface area (Å²) in [4.78, 5) is 20.6. The molecule has 0 fully saturated rings. The summed E-state index contributed by atoms with van der Waals surface area (Å²) < 4.78 is 6.49. The van der Waals surface area contributed by atoms with Crippen molar-refractivity contribution in [2.75, 3.05) is 40.9 Å². The Morgan fingerprint density at radius 3 is 1.71 bits per heavy atom. The van der Waals surface area contributed by atoms with Crippen molar-refractivity contribution in [3.63, 3.8) is 0 Å². The van der Waals surface area contributed by atoms with E-state index >= 15 is 0 Å². The number of hydrogen-bond donors (Lipinski definition) is 1. The van der Waals surface area contributed by atoms with E-state index in [4.69, 9.17) is 4.74 Å². The molecule has 38 heavy (non-hydrogen) atoms. The number of ether oxygens (including phenoxy) is 1. The third kappa shape index (κ3) is 4.92. The zero-order chi connectivity index (χ0) is 27.8. The molecule has 6 heteroatoms. The number of rotatable bonds is 7. The first-order valence-electron chi connectivity index (χ1n) is 13.7. The minimum absolute atomic E-state index is 0.157. The molecule has 6 nitrogen and oxygen atoms in total. The van der Waals surface area contributed by atoms with Gasteiger partial charge in [-0.25, -0.2) is 0 Å². The molecule has 1 N–H and O–H groups in total. The van der Waals surface area contributed by atoms with Crippen molar-refractivity contribution < 1.29 is 14.6 Å². The molecule has 0 spiro atoms. The Balaban J connectivity index is 1.90. The quantitative estimate of drug-likeness (QED) is 0.348. The lowest BCUT2D eigenvalue weighted by Crippen LogP contribution is -2.30. The van der Waals surface area contributed by atoms with E-state index in [0.29, 0.717) is 34.0 Å². The molecule has 1 amide bonds. The predicted molar refractivity (Wildman–Crippen MR) is 158 cm³/mol. The molecule has 3 aromatic carbocycles. The molecule has 0 radical (unpaired) electrons. The van der Waals surface area contributed by atoms with Crippen molar-refractivity contribution in [3.05, 3.63) is 65.2 Å². The van der Waals surface area contributed by atoms with Gasteiger partial charge in [0, 0.05) is 60.8 Å². The van der Waals surface area contributed by atoms with Crippen molar-refractivity contribution >= 4 is 28.7 Å². The molecule has 1 aliphatic rings. The molecule has 4 rings (SSSR count). The van der Waals surface area contributed by atoms with Gasteiger partial charge in [0.05, 0.1) is 11.4 Å². The predicted octanol–water partition coefficient (Wildman–Crippen LogP) is 7.77. The molecule has 1 aliphatic heterocycles. The summed E-state index contributed by atoms with van der Waals surface area (Å²) in [6.07, 6.45) is 0. The molecule has 0 saturated carbocycles. The number of phenolic OH excluding ortho intramolecular Hbond substituents is 1. The highest BCUT2D eigenvalue weighted by Gasteiger charge is 2.32. The maximum atomic E-state index is 14.3. The van der Waals surface area contributed by atoms with Crippen LogP contribution in [0.4, 0.5) is 22.7 Å². The van der Waals surface area contributed by atoms with Crippen LogP contribution in [0, 0.1) is 6.92 Å². The Labute approximate surface area is 227 Å². The monoisotopic (exact) mass is 515 g/mol. The van der Waals surface area contributed by atoms with E-state index in [2.05, 4.69) is 37.5 Å². The zero-order valence-electron chi connectivity index (χ0n) is 24.1. The minimum atomic E-state index is -0.316. The van der Waals surface area contributed by atoms with Crippen LogP contribution in [0.2, 0.25) is 0 Å². The standard InChI is InChI=1S/C32H41N3O3/c1-9-33(10-2)23-13-15-26-28(19-23)38-29-20-24(34(11-3)12-4)14-16-27(29)35(26)31(37)22-17-21(5)30(36)25(18-22)32(6,7)8/h13-20,36H,9-12H2,1-8H3. The van der Waals surface area contributed by atoms with E-state index in [1.807, 2.05) is 70.2 Å². The van der Waals surface area contributed by atoms with Crippen LogP contribution in [0.3, 0.4) is 0 Å². The van der Waals surface area contributed by atoms with E-state index < -0.39 is 0 Å². The van der Waals surface area contributed by atoms with Crippen LogP contribution in [-0.2, 0) is 5.41 Å². The Hall–Kier alpha value is -3.67. The fraction of sp³-hybridized carbons (Fsp3) is 0.406. The normalized spacial score (nSPS) is 12.5. The van der Waals surface area contributed by atoms with E-state index in [1.54, 1.807) is 11.0 Å². The largest absolute Gasteiger partial charge is 0.507 e. The molecule has 0 unspecified atom stereocenters. The zero-order valence-corrected chi connectivity index (χ0v) is 24.1. The van der Waals surface area contributed by atoms with Gasteiger partial charge in [-0.05, 0) is 82.0 Å². The summed E-state index contributed by atoms with van der Waals surface area (Å²) in [5.74, 6) is 1.39. The Bertz CT molecular complexity index is 1270. The van der Waals surface area contributed by atoms with Gasteiger partial charge in [-0.3, -0.25) is 9.69 Å². The van der Waals surface area contributed by atoms with Crippen molar-refractivity contribution in [3.8, 4) is 17.2 Å². The highest BCUT2D eigenvalue weighted by Crippen LogP contribution is 2.50. The second-order valence-corrected chi connectivity index (χ2v) is 10.8. The number of hydrogen-bond acceptors (Lipinski definition) is 5. The van der Waals surface area contributed by atoms with Crippen LogP contribution >= 0.6 is 0 Å². The Morgan fingerprint density at radius 2 is 1.29 bits per heavy atom. The summed E-state index contributed by atoms with van der Waals surface area (Å²) in [6.45, 7) is 20.0. The topological polar surface area (TPSA) is 56.2 Å². The van der Waals surface area contributed by atoms with Gasteiger partial charge < -0.3 is 19.6 Å². The molecule has 1 heterocycles. The van der Waals surface area contributed by atoms with Crippen LogP contribution in [0.25, 0.3) is 0 Å². The molecule has 3 aromatic rings. The number of amides is 1. The van der Waals surface area contributed by atoms with Crippen LogP contribution < -0.4 is 19.4 Å². The lowest BCUT2D eigenvalue weighted by Gasteiger charge is -2.34. The molecular weight excluding hydrogens is 474 g/mol. The van der Waals surface area contributed by atoms with Gasteiger partial charge in [0.1, 0.15) is 5.75 Å². The number of fused-ring (bicyclic) bond motifs is 2. The number of aromatic hydroxyl groups is 1. The molecular formula is C32H41N3O3. The molecule has 0 bridgehead atoms. The number of phenols is 1. The van der Waals surface area contributed by atoms with Crippen molar-refractivity contribution in [2.24, 2.45) is 0 Å². The minimum Gasteiger partial charge on any atom is -0.507 e. The van der Waals surface area contributed by atoms with Gasteiger partial charge in [-0.1, -0.05) is 20.8 Å². The van der Waals surface area contributed by atoms with E-state index in [1.165, 1.54) is 0 Å². The molecule has 0 aliphatic carbocycles. The van der Waals surface area contributed by atoms with Crippen molar-refractivity contribution in [2.45, 2.75) is 60.8 Å². The Morgan fingerprint density at radius 1 is 0.816 bits per heavy atom. The first-order chi connectivity index (χ1) is 18.0. The Kier molecular flexibility index (Phi) is 7.63. The van der Waals surface area contributed by atoms with Crippen LogP contribution in [-0.4, -0.2) is 37.2 Å². The number of benzene rings is 3. The van der Waals surface area contributed by atoms with Gasteiger partial charge in [0.15, 0.2) is 11.5 Å². The lowest BCUT2D eigenvalue weighted by atomic mass is 9.84. The van der Waals surface area contributed by atoms with Gasteiger partial charge in [-0.2, -0.15) is 0 Å². The van der Waals surface area contributed by atoms with Gasteiger partial charge in [0.25, 0.3) is 5.91 Å². The average molecular weight is 516 g/mol. The summed E-state index contributed by atoms with van der Waals surface area (Å²) in [5, 5.41) is 10.8. The number of anilines is 4. The number of aryl methyl sites for hydroxylation is 1. The van der Waals surface area contributed by atoms with Crippen LogP contribution in [0.5, 0.6) is 17.2 Å². The highest BCUT2D eigenvalue weighted by atomic mass is 16.5. The maximum absolute atomic E-state index is 14.3. The van der Waals surface area contributed by atoms with Crippen molar-refractivity contribution in [1.82, 2.24) is 0 Å². The highest BCUT2D eigenvalue weighted by molar-refractivity contribution is 6.13. The van der Waals surface area contributed by atoms with Crippen LogP contribution in [0.1, 0.15) is 70.0 Å². The first-order valence-corrected chi connectivity index (χ1v) is 13.7. The van der Waals surface area contributed by atoms with E-state index in [9.17, 15) is 9.90 Å². The summed E-state index contributed by atoms with van der Waals surface area (Å²) in [7, 11) is 0. The smallest absolute Gasteiger partial charge is 0.263 e. The van der Waals surface area contributed by atoms with Gasteiger partial charge in [-0.15, -0.1) is 0 Å². The number of carbonyl (C=O) groups is 1. The average Bonchev–Trinajstić information content (AvgIpc) is 2.89. The maximum Gasteiger partial charge on any atom is 0.263 e. The molecule has 202 valence electrons. The van der Waals surface area contributed by atoms with Gasteiger partial charge in [0.2, 0.25) is 0 Å².